The van der Waals surface area contributed by atoms with Crippen LogP contribution < -0.4 is 5.32 Å². The smallest absolute Gasteiger partial charge is 0.251 e. The van der Waals surface area contributed by atoms with Crippen LogP contribution in [0.15, 0.2) is 24.3 Å². The minimum atomic E-state index is -1.32. The molecule has 0 aliphatic rings. The molecule has 3 nitrogen and oxygen atoms in total. The summed E-state index contributed by atoms with van der Waals surface area (Å²) >= 11 is 0. The van der Waals surface area contributed by atoms with Crippen molar-refractivity contribution >= 4 is 5.91 Å². The molecule has 1 amide bonds. The van der Waals surface area contributed by atoms with Gasteiger partial charge in [0.05, 0.1) is 0 Å². The molecule has 0 aliphatic carbocycles. The van der Waals surface area contributed by atoms with Crippen molar-refractivity contribution in [2.75, 3.05) is 0 Å². The van der Waals surface area contributed by atoms with Gasteiger partial charge >= 0.3 is 0 Å². The van der Waals surface area contributed by atoms with E-state index in [1.54, 1.807) is 0 Å². The molecule has 0 fully saturated rings. The number of hydrogen-bond donors (Lipinski definition) is 2. The van der Waals surface area contributed by atoms with Crippen LogP contribution in [-0.4, -0.2) is 16.6 Å². The molecule has 0 radical (unpaired) electrons. The van der Waals surface area contributed by atoms with Gasteiger partial charge < -0.3 is 10.4 Å². The van der Waals surface area contributed by atoms with E-state index >= 15 is 0 Å². The van der Waals surface area contributed by atoms with Crippen LogP contribution in [0.4, 0.5) is 0 Å². The van der Waals surface area contributed by atoms with Crippen molar-refractivity contribution in [3.05, 3.63) is 35.4 Å². The maximum atomic E-state index is 11.5. The monoisotopic (exact) mass is 221 g/mol. The van der Waals surface area contributed by atoms with Crippen molar-refractivity contribution in [3.8, 4) is 0 Å². The van der Waals surface area contributed by atoms with Crippen molar-refractivity contribution in [2.45, 2.75) is 39.3 Å². The molecule has 0 saturated heterocycles. The minimum absolute atomic E-state index is 0.349. The van der Waals surface area contributed by atoms with E-state index in [0.717, 1.165) is 12.0 Å². The summed E-state index contributed by atoms with van der Waals surface area (Å²) < 4.78 is 0. The van der Waals surface area contributed by atoms with E-state index in [0.29, 0.717) is 6.54 Å². The van der Waals surface area contributed by atoms with Gasteiger partial charge in [-0.1, -0.05) is 31.2 Å². The Morgan fingerprint density at radius 2 is 1.88 bits per heavy atom. The lowest BCUT2D eigenvalue weighted by Gasteiger charge is -2.17. The summed E-state index contributed by atoms with van der Waals surface area (Å²) in [5.41, 5.74) is 1.00. The molecule has 1 rings (SSSR count). The number of carbonyl (C=O) groups is 1. The zero-order valence-electron chi connectivity index (χ0n) is 10.1. The van der Waals surface area contributed by atoms with Gasteiger partial charge in [0.2, 0.25) is 0 Å². The zero-order valence-corrected chi connectivity index (χ0v) is 10.1. The second-order valence-corrected chi connectivity index (χ2v) is 4.36. The highest BCUT2D eigenvalue weighted by atomic mass is 16.3. The zero-order chi connectivity index (χ0) is 12.2. The standard InChI is InChI=1S/C13H19NO2/c1-4-10-7-5-6-8-11(10)9-14-12(15)13(2,3)16/h5-8,16H,4,9H2,1-3H3,(H,14,15). The Bertz CT molecular complexity index is 366. The number of rotatable bonds is 4. The topological polar surface area (TPSA) is 49.3 Å². The third-order valence-corrected chi connectivity index (χ3v) is 2.49. The fourth-order valence-corrected chi connectivity index (χ4v) is 1.47. The van der Waals surface area contributed by atoms with E-state index in [-0.39, 0.29) is 5.91 Å². The fraction of sp³-hybridized carbons (Fsp3) is 0.462. The Hall–Kier alpha value is -1.35. The Morgan fingerprint density at radius 3 is 2.38 bits per heavy atom. The Labute approximate surface area is 96.5 Å². The third-order valence-electron chi connectivity index (χ3n) is 2.49. The highest BCUT2D eigenvalue weighted by Gasteiger charge is 2.23. The number of aliphatic hydroxyl groups is 1. The molecule has 88 valence electrons. The van der Waals surface area contributed by atoms with Gasteiger partial charge in [-0.25, -0.2) is 0 Å². The van der Waals surface area contributed by atoms with Gasteiger partial charge in [0.15, 0.2) is 0 Å². The normalized spacial score (nSPS) is 11.2. The van der Waals surface area contributed by atoms with E-state index in [1.807, 2.05) is 24.3 Å². The number of aryl methyl sites for hydroxylation is 1. The Morgan fingerprint density at radius 1 is 1.31 bits per heavy atom. The first-order chi connectivity index (χ1) is 7.45. The van der Waals surface area contributed by atoms with Crippen LogP contribution in [0.5, 0.6) is 0 Å². The maximum absolute atomic E-state index is 11.5. The molecular weight excluding hydrogens is 202 g/mol. The SMILES string of the molecule is CCc1ccccc1CNC(=O)C(C)(C)O. The highest BCUT2D eigenvalue weighted by Crippen LogP contribution is 2.09. The van der Waals surface area contributed by atoms with Gasteiger partial charge in [-0.2, -0.15) is 0 Å². The predicted molar refractivity (Wildman–Crippen MR) is 64.0 cm³/mol. The second-order valence-electron chi connectivity index (χ2n) is 4.36. The van der Waals surface area contributed by atoms with Crippen molar-refractivity contribution in [1.29, 1.82) is 0 Å². The second kappa shape index (κ2) is 5.12. The predicted octanol–water partition coefficient (Wildman–Crippen LogP) is 1.64. The fourth-order valence-electron chi connectivity index (χ4n) is 1.47. The molecular formula is C13H19NO2. The van der Waals surface area contributed by atoms with E-state index in [4.69, 9.17) is 0 Å². The molecule has 0 saturated carbocycles. The van der Waals surface area contributed by atoms with Gasteiger partial charge in [0.25, 0.3) is 5.91 Å². The molecule has 2 N–H and O–H groups in total. The van der Waals surface area contributed by atoms with E-state index in [2.05, 4.69) is 12.2 Å². The lowest BCUT2D eigenvalue weighted by Crippen LogP contribution is -2.41. The summed E-state index contributed by atoms with van der Waals surface area (Å²) in [6, 6.07) is 7.97. The first-order valence-electron chi connectivity index (χ1n) is 5.52. The summed E-state index contributed by atoms with van der Waals surface area (Å²) in [6.45, 7) is 5.51. The number of carbonyl (C=O) groups excluding carboxylic acids is 1. The number of nitrogens with one attached hydrogen (secondary N) is 1. The molecule has 0 heterocycles. The molecule has 1 aromatic carbocycles. The average Bonchev–Trinajstić information content (AvgIpc) is 2.24. The van der Waals surface area contributed by atoms with Gasteiger partial charge in [-0.15, -0.1) is 0 Å². The summed E-state index contributed by atoms with van der Waals surface area (Å²) in [6.07, 6.45) is 0.939. The number of hydrogen-bond acceptors (Lipinski definition) is 2. The maximum Gasteiger partial charge on any atom is 0.251 e. The molecule has 3 heteroatoms. The molecule has 0 spiro atoms. The van der Waals surface area contributed by atoms with Crippen LogP contribution >= 0.6 is 0 Å². The van der Waals surface area contributed by atoms with E-state index in [9.17, 15) is 9.90 Å². The first kappa shape index (κ1) is 12.7. The van der Waals surface area contributed by atoms with Crippen LogP contribution in [0.3, 0.4) is 0 Å². The van der Waals surface area contributed by atoms with Crippen LogP contribution in [0.1, 0.15) is 31.9 Å². The minimum Gasteiger partial charge on any atom is -0.381 e. The van der Waals surface area contributed by atoms with Gasteiger partial charge in [0.1, 0.15) is 5.60 Å². The lowest BCUT2D eigenvalue weighted by atomic mass is 10.0. The highest BCUT2D eigenvalue weighted by molar-refractivity contribution is 5.83. The van der Waals surface area contributed by atoms with E-state index < -0.39 is 5.60 Å². The molecule has 16 heavy (non-hydrogen) atoms. The van der Waals surface area contributed by atoms with Crippen LogP contribution in [0.25, 0.3) is 0 Å². The van der Waals surface area contributed by atoms with Crippen molar-refractivity contribution in [2.24, 2.45) is 0 Å². The van der Waals surface area contributed by atoms with Gasteiger partial charge in [-0.3, -0.25) is 4.79 Å². The number of amides is 1. The molecule has 0 atom stereocenters. The molecule has 0 bridgehead atoms. The summed E-state index contributed by atoms with van der Waals surface area (Å²) in [5, 5.41) is 12.2. The third kappa shape index (κ3) is 3.35. The molecule has 1 aromatic rings. The first-order valence-corrected chi connectivity index (χ1v) is 5.52. The van der Waals surface area contributed by atoms with Crippen molar-refractivity contribution in [1.82, 2.24) is 5.32 Å². The van der Waals surface area contributed by atoms with Gasteiger partial charge in [-0.05, 0) is 31.4 Å². The van der Waals surface area contributed by atoms with Crippen molar-refractivity contribution in [3.63, 3.8) is 0 Å². The average molecular weight is 221 g/mol. The Balaban J connectivity index is 2.65. The number of benzene rings is 1. The molecule has 0 unspecified atom stereocenters. The van der Waals surface area contributed by atoms with Crippen LogP contribution in [0.2, 0.25) is 0 Å². The summed E-state index contributed by atoms with van der Waals surface area (Å²) in [7, 11) is 0. The quantitative estimate of drug-likeness (QED) is 0.812. The van der Waals surface area contributed by atoms with Crippen LogP contribution in [-0.2, 0) is 17.8 Å². The van der Waals surface area contributed by atoms with Crippen molar-refractivity contribution < 1.29 is 9.90 Å². The lowest BCUT2D eigenvalue weighted by molar-refractivity contribution is -0.136. The van der Waals surface area contributed by atoms with E-state index in [1.165, 1.54) is 19.4 Å². The largest absolute Gasteiger partial charge is 0.381 e. The molecule has 0 aliphatic heterocycles. The molecule has 0 aromatic heterocycles. The van der Waals surface area contributed by atoms with Gasteiger partial charge in [0, 0.05) is 6.54 Å². The summed E-state index contributed by atoms with van der Waals surface area (Å²) in [5.74, 6) is -0.349. The van der Waals surface area contributed by atoms with Crippen LogP contribution in [0, 0.1) is 0 Å². The summed E-state index contributed by atoms with van der Waals surface area (Å²) in [4.78, 5) is 11.5. The Kier molecular flexibility index (Phi) is 4.07.